The average molecular weight is 184 g/mol. The molecule has 13 heavy (non-hydrogen) atoms. The molecule has 0 radical (unpaired) electrons. The van der Waals surface area contributed by atoms with Gasteiger partial charge < -0.3 is 10.8 Å². The Morgan fingerprint density at radius 1 is 1.69 bits per heavy atom. The molecule has 1 heterocycles. The Labute approximate surface area is 78.0 Å². The molecule has 4 nitrogen and oxygen atoms in total. The minimum absolute atomic E-state index is 0.199. The quantitative estimate of drug-likeness (QED) is 0.606. The molecule has 0 bridgehead atoms. The molecule has 1 rings (SSSR count). The first-order valence-electron chi connectivity index (χ1n) is 4.56. The van der Waals surface area contributed by atoms with Crippen LogP contribution in [0.15, 0.2) is 12.2 Å². The number of hydrogen-bond donors (Lipinski definition) is 2. The molecule has 1 aliphatic rings. The standard InChI is InChI=1S/C9H16N2O2/c10-7-8-3-1-2-5-11(8)6-4-9(12)13/h1,3,8H,2,4-7,10H2,(H,12,13). The molecular weight excluding hydrogens is 168 g/mol. The monoisotopic (exact) mass is 184 g/mol. The number of carboxylic acid groups (broad SMARTS) is 1. The molecular formula is C9H16N2O2. The normalized spacial score (nSPS) is 23.3. The van der Waals surface area contributed by atoms with Crippen LogP contribution in [-0.4, -0.2) is 41.7 Å². The minimum atomic E-state index is -0.745. The van der Waals surface area contributed by atoms with E-state index in [1.54, 1.807) is 0 Å². The summed E-state index contributed by atoms with van der Waals surface area (Å²) >= 11 is 0. The summed E-state index contributed by atoms with van der Waals surface area (Å²) in [6.45, 7) is 2.09. The van der Waals surface area contributed by atoms with Crippen LogP contribution in [-0.2, 0) is 4.79 Å². The lowest BCUT2D eigenvalue weighted by molar-refractivity contribution is -0.137. The maximum absolute atomic E-state index is 10.4. The van der Waals surface area contributed by atoms with E-state index in [-0.39, 0.29) is 12.5 Å². The molecule has 0 amide bonds. The number of hydrogen-bond acceptors (Lipinski definition) is 3. The molecule has 0 aromatic heterocycles. The van der Waals surface area contributed by atoms with Gasteiger partial charge in [0.2, 0.25) is 0 Å². The Morgan fingerprint density at radius 3 is 3.08 bits per heavy atom. The van der Waals surface area contributed by atoms with Gasteiger partial charge in [-0.25, -0.2) is 0 Å². The van der Waals surface area contributed by atoms with Gasteiger partial charge in [0.15, 0.2) is 0 Å². The zero-order valence-corrected chi connectivity index (χ0v) is 7.65. The van der Waals surface area contributed by atoms with Gasteiger partial charge in [-0.05, 0) is 6.42 Å². The first-order chi connectivity index (χ1) is 6.24. The summed E-state index contributed by atoms with van der Waals surface area (Å²) in [5, 5.41) is 8.53. The van der Waals surface area contributed by atoms with Crippen molar-refractivity contribution in [2.75, 3.05) is 19.6 Å². The second-order valence-corrected chi connectivity index (χ2v) is 3.20. The van der Waals surface area contributed by atoms with E-state index >= 15 is 0 Å². The third-order valence-corrected chi connectivity index (χ3v) is 2.26. The molecule has 3 N–H and O–H groups in total. The van der Waals surface area contributed by atoms with Crippen molar-refractivity contribution in [2.24, 2.45) is 5.73 Å². The van der Waals surface area contributed by atoms with Crippen molar-refractivity contribution >= 4 is 5.97 Å². The third-order valence-electron chi connectivity index (χ3n) is 2.26. The highest BCUT2D eigenvalue weighted by Crippen LogP contribution is 2.09. The largest absolute Gasteiger partial charge is 0.481 e. The van der Waals surface area contributed by atoms with Crippen LogP contribution in [0.3, 0.4) is 0 Å². The summed E-state index contributed by atoms with van der Waals surface area (Å²) < 4.78 is 0. The van der Waals surface area contributed by atoms with Gasteiger partial charge in [0.05, 0.1) is 6.42 Å². The van der Waals surface area contributed by atoms with Crippen LogP contribution in [0.1, 0.15) is 12.8 Å². The predicted octanol–water partition coefficient (Wildman–Crippen LogP) is 0.0503. The molecule has 0 fully saturated rings. The Kier molecular flexibility index (Phi) is 3.92. The molecule has 0 aromatic carbocycles. The van der Waals surface area contributed by atoms with Gasteiger partial charge in [0.25, 0.3) is 0 Å². The van der Waals surface area contributed by atoms with Crippen molar-refractivity contribution in [2.45, 2.75) is 18.9 Å². The smallest absolute Gasteiger partial charge is 0.304 e. The highest BCUT2D eigenvalue weighted by atomic mass is 16.4. The van der Waals surface area contributed by atoms with Gasteiger partial charge >= 0.3 is 5.97 Å². The number of rotatable bonds is 4. The maximum atomic E-state index is 10.4. The number of aliphatic carboxylic acids is 1. The van der Waals surface area contributed by atoms with Crippen molar-refractivity contribution in [1.82, 2.24) is 4.90 Å². The Bertz CT molecular complexity index is 204. The van der Waals surface area contributed by atoms with E-state index in [4.69, 9.17) is 10.8 Å². The van der Waals surface area contributed by atoms with Crippen LogP contribution >= 0.6 is 0 Å². The van der Waals surface area contributed by atoms with Gasteiger partial charge in [0, 0.05) is 25.7 Å². The molecule has 74 valence electrons. The summed E-state index contributed by atoms with van der Waals surface area (Å²) in [7, 11) is 0. The van der Waals surface area contributed by atoms with Gasteiger partial charge in [-0.2, -0.15) is 0 Å². The molecule has 1 unspecified atom stereocenters. The van der Waals surface area contributed by atoms with Crippen molar-refractivity contribution < 1.29 is 9.90 Å². The maximum Gasteiger partial charge on any atom is 0.304 e. The van der Waals surface area contributed by atoms with E-state index in [0.29, 0.717) is 13.1 Å². The van der Waals surface area contributed by atoms with Crippen LogP contribution in [0.4, 0.5) is 0 Å². The van der Waals surface area contributed by atoms with Crippen LogP contribution in [0.5, 0.6) is 0 Å². The number of carbonyl (C=O) groups is 1. The van der Waals surface area contributed by atoms with Crippen LogP contribution in [0.2, 0.25) is 0 Å². The predicted molar refractivity (Wildman–Crippen MR) is 50.4 cm³/mol. The summed E-state index contributed by atoms with van der Waals surface area (Å²) in [5.74, 6) is -0.745. The number of carboxylic acids is 1. The summed E-state index contributed by atoms with van der Waals surface area (Å²) in [6.07, 6.45) is 5.36. The van der Waals surface area contributed by atoms with E-state index in [2.05, 4.69) is 17.1 Å². The number of nitrogens with two attached hydrogens (primary N) is 1. The zero-order valence-electron chi connectivity index (χ0n) is 7.65. The minimum Gasteiger partial charge on any atom is -0.481 e. The van der Waals surface area contributed by atoms with Crippen molar-refractivity contribution in [3.63, 3.8) is 0 Å². The summed E-state index contributed by atoms with van der Waals surface area (Å²) in [4.78, 5) is 12.5. The van der Waals surface area contributed by atoms with Crippen molar-refractivity contribution in [3.05, 3.63) is 12.2 Å². The highest BCUT2D eigenvalue weighted by Gasteiger charge is 2.17. The summed E-state index contributed by atoms with van der Waals surface area (Å²) in [5.41, 5.74) is 5.56. The fraction of sp³-hybridized carbons (Fsp3) is 0.667. The molecule has 0 spiro atoms. The van der Waals surface area contributed by atoms with E-state index in [0.717, 1.165) is 13.0 Å². The van der Waals surface area contributed by atoms with Gasteiger partial charge in [-0.1, -0.05) is 12.2 Å². The first-order valence-corrected chi connectivity index (χ1v) is 4.56. The summed E-state index contributed by atoms with van der Waals surface area (Å²) in [6, 6.07) is 0.230. The van der Waals surface area contributed by atoms with Crippen molar-refractivity contribution in [3.8, 4) is 0 Å². The molecule has 1 aliphatic heterocycles. The third kappa shape index (κ3) is 3.16. The van der Waals surface area contributed by atoms with Gasteiger partial charge in [-0.3, -0.25) is 9.69 Å². The Morgan fingerprint density at radius 2 is 2.46 bits per heavy atom. The van der Waals surface area contributed by atoms with Crippen LogP contribution < -0.4 is 5.73 Å². The second kappa shape index (κ2) is 4.99. The zero-order chi connectivity index (χ0) is 9.68. The van der Waals surface area contributed by atoms with E-state index in [9.17, 15) is 4.79 Å². The lowest BCUT2D eigenvalue weighted by atomic mass is 10.1. The molecule has 0 saturated carbocycles. The second-order valence-electron chi connectivity index (χ2n) is 3.20. The van der Waals surface area contributed by atoms with Crippen LogP contribution in [0.25, 0.3) is 0 Å². The lowest BCUT2D eigenvalue weighted by Gasteiger charge is -2.30. The van der Waals surface area contributed by atoms with E-state index < -0.39 is 5.97 Å². The Hall–Kier alpha value is -0.870. The Balaban J connectivity index is 2.38. The molecule has 1 atom stereocenters. The van der Waals surface area contributed by atoms with E-state index in [1.807, 2.05) is 0 Å². The fourth-order valence-electron chi connectivity index (χ4n) is 1.53. The fourth-order valence-corrected chi connectivity index (χ4v) is 1.53. The molecule has 0 saturated heterocycles. The highest BCUT2D eigenvalue weighted by molar-refractivity contribution is 5.66. The topological polar surface area (TPSA) is 66.6 Å². The molecule has 0 aliphatic carbocycles. The number of nitrogens with zero attached hydrogens (tertiary/aromatic N) is 1. The van der Waals surface area contributed by atoms with Gasteiger partial charge in [0.1, 0.15) is 0 Å². The molecule has 0 aromatic rings. The van der Waals surface area contributed by atoms with Gasteiger partial charge in [-0.15, -0.1) is 0 Å². The van der Waals surface area contributed by atoms with Crippen LogP contribution in [0, 0.1) is 0 Å². The van der Waals surface area contributed by atoms with E-state index in [1.165, 1.54) is 0 Å². The molecule has 4 heteroatoms. The first kappa shape index (κ1) is 10.2. The average Bonchev–Trinajstić information content (AvgIpc) is 2.15. The van der Waals surface area contributed by atoms with Crippen molar-refractivity contribution in [1.29, 1.82) is 0 Å². The SMILES string of the molecule is NCC1C=CCCN1CCC(=O)O. The lowest BCUT2D eigenvalue weighted by Crippen LogP contribution is -2.42.